The van der Waals surface area contributed by atoms with E-state index in [1.807, 2.05) is 27.7 Å². The zero-order valence-electron chi connectivity index (χ0n) is 15.6. The Morgan fingerprint density at radius 3 is 2.16 bits per heavy atom. The van der Waals surface area contributed by atoms with E-state index in [1.54, 1.807) is 15.3 Å². The number of aromatic nitrogens is 3. The molecule has 3 rings (SSSR count). The van der Waals surface area contributed by atoms with Gasteiger partial charge in [-0.3, -0.25) is 0 Å². The molecule has 1 saturated heterocycles. The Kier molecular flexibility index (Phi) is 4.72. The molecular weight excluding hydrogens is 336 g/mol. The maximum absolute atomic E-state index is 13.4. The van der Waals surface area contributed by atoms with Gasteiger partial charge in [0.2, 0.25) is 10.0 Å². The van der Waals surface area contributed by atoms with Crippen molar-refractivity contribution in [3.63, 3.8) is 0 Å². The number of nitrogens with zero attached hydrogens (tertiary/aromatic N) is 4. The molecule has 1 aliphatic rings. The molecule has 25 heavy (non-hydrogen) atoms. The lowest BCUT2D eigenvalue weighted by atomic mass is 9.95. The van der Waals surface area contributed by atoms with Gasteiger partial charge in [0.25, 0.3) is 0 Å². The Balaban J connectivity index is 2.02. The van der Waals surface area contributed by atoms with Crippen molar-refractivity contribution < 1.29 is 8.42 Å². The van der Waals surface area contributed by atoms with Crippen molar-refractivity contribution >= 4 is 10.0 Å². The van der Waals surface area contributed by atoms with Crippen LogP contribution in [0.25, 0.3) is 0 Å². The van der Waals surface area contributed by atoms with Crippen molar-refractivity contribution in [2.75, 3.05) is 13.1 Å². The van der Waals surface area contributed by atoms with E-state index >= 15 is 0 Å². The molecule has 0 bridgehead atoms. The molecule has 1 unspecified atom stereocenters. The van der Waals surface area contributed by atoms with Crippen LogP contribution in [0.1, 0.15) is 46.7 Å². The summed E-state index contributed by atoms with van der Waals surface area (Å²) in [6.45, 7) is 10.9. The van der Waals surface area contributed by atoms with Gasteiger partial charge in [-0.15, -0.1) is 0 Å². The van der Waals surface area contributed by atoms with E-state index in [9.17, 15) is 8.42 Å². The van der Waals surface area contributed by atoms with Crippen LogP contribution in [0.3, 0.4) is 0 Å². The molecule has 7 heteroatoms. The summed E-state index contributed by atoms with van der Waals surface area (Å²) in [5.74, 6) is 0. The van der Waals surface area contributed by atoms with Crippen molar-refractivity contribution in [1.82, 2.24) is 19.1 Å². The highest BCUT2D eigenvalue weighted by Crippen LogP contribution is 2.33. The Hall–Kier alpha value is -1.73. The van der Waals surface area contributed by atoms with E-state index in [-0.39, 0.29) is 6.04 Å². The second kappa shape index (κ2) is 6.53. The van der Waals surface area contributed by atoms with Gasteiger partial charge in [-0.1, -0.05) is 0 Å². The van der Waals surface area contributed by atoms with Crippen LogP contribution in [-0.4, -0.2) is 40.6 Å². The molecule has 1 aliphatic heterocycles. The van der Waals surface area contributed by atoms with Crippen molar-refractivity contribution in [2.45, 2.75) is 58.4 Å². The number of rotatable bonds is 3. The summed E-state index contributed by atoms with van der Waals surface area (Å²) in [6.07, 6.45) is 4.90. The molecule has 1 fully saturated rings. The van der Waals surface area contributed by atoms with Gasteiger partial charge < -0.3 is 0 Å². The van der Waals surface area contributed by atoms with Crippen LogP contribution in [0.2, 0.25) is 0 Å². The number of sulfonamides is 1. The molecule has 0 radical (unpaired) electrons. The fourth-order valence-electron chi connectivity index (χ4n) is 3.74. The Morgan fingerprint density at radius 2 is 1.60 bits per heavy atom. The van der Waals surface area contributed by atoms with Gasteiger partial charge in [0.1, 0.15) is 12.7 Å². The molecule has 0 N–H and O–H groups in total. The summed E-state index contributed by atoms with van der Waals surface area (Å²) in [7, 11) is -3.54. The highest BCUT2D eigenvalue weighted by Gasteiger charge is 2.34. The lowest BCUT2D eigenvalue weighted by Crippen LogP contribution is -2.41. The molecule has 0 amide bonds. The third-order valence-electron chi connectivity index (χ3n) is 5.70. The van der Waals surface area contributed by atoms with Crippen LogP contribution in [0, 0.1) is 34.6 Å². The van der Waals surface area contributed by atoms with Crippen LogP contribution in [0.15, 0.2) is 17.6 Å². The van der Waals surface area contributed by atoms with Crippen molar-refractivity contribution in [3.8, 4) is 0 Å². The predicted molar refractivity (Wildman–Crippen MR) is 97.2 cm³/mol. The molecule has 0 spiro atoms. The fraction of sp³-hybridized carbons (Fsp3) is 0.556. The average molecular weight is 362 g/mol. The first-order valence-corrected chi connectivity index (χ1v) is 10.1. The van der Waals surface area contributed by atoms with Gasteiger partial charge in [0.05, 0.1) is 10.9 Å². The molecule has 0 saturated carbocycles. The Labute approximate surface area is 149 Å². The predicted octanol–water partition coefficient (Wildman–Crippen LogP) is 2.85. The third kappa shape index (κ3) is 3.00. The maximum atomic E-state index is 13.4. The first kappa shape index (κ1) is 18.1. The van der Waals surface area contributed by atoms with Crippen LogP contribution in [-0.2, 0) is 10.0 Å². The number of piperidine rings is 1. The van der Waals surface area contributed by atoms with Gasteiger partial charge in [-0.2, -0.15) is 9.40 Å². The van der Waals surface area contributed by atoms with Crippen LogP contribution >= 0.6 is 0 Å². The summed E-state index contributed by atoms with van der Waals surface area (Å²) in [5.41, 5.74) is 5.03. The standard InChI is InChI=1S/C18H26N4O2S/c1-12-13(2)15(4)18(16(5)14(12)3)25(23,24)21-8-6-7-17(9-21)22-11-19-10-20-22/h10-11,17H,6-9H2,1-5H3. The zero-order valence-corrected chi connectivity index (χ0v) is 16.4. The molecule has 1 atom stereocenters. The van der Waals surface area contributed by atoms with Gasteiger partial charge >= 0.3 is 0 Å². The highest BCUT2D eigenvalue weighted by molar-refractivity contribution is 7.89. The number of hydrogen-bond acceptors (Lipinski definition) is 4. The van der Waals surface area contributed by atoms with Gasteiger partial charge in [0, 0.05) is 13.1 Å². The van der Waals surface area contributed by atoms with E-state index in [4.69, 9.17) is 0 Å². The second-order valence-electron chi connectivity index (χ2n) is 6.99. The molecule has 136 valence electrons. The molecular formula is C18H26N4O2S. The second-order valence-corrected chi connectivity index (χ2v) is 8.86. The number of benzene rings is 1. The van der Waals surface area contributed by atoms with E-state index in [0.717, 1.165) is 35.1 Å². The van der Waals surface area contributed by atoms with Gasteiger partial charge in [0.15, 0.2) is 0 Å². The quantitative estimate of drug-likeness (QED) is 0.842. The summed E-state index contributed by atoms with van der Waals surface area (Å²) >= 11 is 0. The van der Waals surface area contributed by atoms with E-state index in [2.05, 4.69) is 17.0 Å². The first-order valence-electron chi connectivity index (χ1n) is 8.66. The zero-order chi connectivity index (χ0) is 18.4. The summed E-state index contributed by atoms with van der Waals surface area (Å²) < 4.78 is 30.3. The smallest absolute Gasteiger partial charge is 0.243 e. The summed E-state index contributed by atoms with van der Waals surface area (Å²) in [5, 5.41) is 4.19. The largest absolute Gasteiger partial charge is 0.249 e. The molecule has 0 aliphatic carbocycles. The maximum Gasteiger partial charge on any atom is 0.243 e. The minimum atomic E-state index is -3.54. The summed E-state index contributed by atoms with van der Waals surface area (Å²) in [6, 6.07) is 0.0410. The minimum absolute atomic E-state index is 0.0410. The highest BCUT2D eigenvalue weighted by atomic mass is 32.2. The molecule has 1 aromatic carbocycles. The fourth-order valence-corrected chi connectivity index (χ4v) is 5.82. The summed E-state index contributed by atoms with van der Waals surface area (Å²) in [4.78, 5) is 4.47. The normalized spacial score (nSPS) is 19.3. The van der Waals surface area contributed by atoms with Gasteiger partial charge in [-0.25, -0.2) is 18.1 Å². The first-order chi connectivity index (χ1) is 11.7. The topological polar surface area (TPSA) is 68.1 Å². The molecule has 2 aromatic rings. The Morgan fingerprint density at radius 1 is 1.00 bits per heavy atom. The third-order valence-corrected chi connectivity index (χ3v) is 7.84. The van der Waals surface area contributed by atoms with Crippen molar-refractivity contribution in [3.05, 3.63) is 40.5 Å². The van der Waals surface area contributed by atoms with Gasteiger partial charge in [-0.05, 0) is 75.3 Å². The van der Waals surface area contributed by atoms with E-state index < -0.39 is 10.0 Å². The lowest BCUT2D eigenvalue weighted by molar-refractivity contribution is 0.253. The van der Waals surface area contributed by atoms with Crippen LogP contribution < -0.4 is 0 Å². The lowest BCUT2D eigenvalue weighted by Gasteiger charge is -2.33. The van der Waals surface area contributed by atoms with Crippen LogP contribution in [0.4, 0.5) is 0 Å². The van der Waals surface area contributed by atoms with E-state index in [1.165, 1.54) is 11.9 Å². The Bertz CT molecular complexity index is 859. The minimum Gasteiger partial charge on any atom is -0.249 e. The van der Waals surface area contributed by atoms with Crippen molar-refractivity contribution in [1.29, 1.82) is 0 Å². The van der Waals surface area contributed by atoms with Crippen molar-refractivity contribution in [2.24, 2.45) is 0 Å². The van der Waals surface area contributed by atoms with Crippen LogP contribution in [0.5, 0.6) is 0 Å². The molecule has 1 aromatic heterocycles. The molecule has 2 heterocycles. The number of hydrogen-bond donors (Lipinski definition) is 0. The monoisotopic (exact) mass is 362 g/mol. The SMILES string of the molecule is Cc1c(C)c(C)c(S(=O)(=O)N2CCCC(n3cncn3)C2)c(C)c1C. The molecule has 6 nitrogen and oxygen atoms in total. The average Bonchev–Trinajstić information content (AvgIpc) is 3.13. The van der Waals surface area contributed by atoms with E-state index in [0.29, 0.717) is 18.0 Å².